The number of fused-ring (bicyclic) bond motifs is 1. The summed E-state index contributed by atoms with van der Waals surface area (Å²) >= 11 is 6.66. The van der Waals surface area contributed by atoms with Gasteiger partial charge in [0.1, 0.15) is 0 Å². The van der Waals surface area contributed by atoms with Crippen molar-refractivity contribution in [1.29, 1.82) is 0 Å². The topological polar surface area (TPSA) is 94.0 Å². The number of aromatic nitrogens is 2. The Hall–Kier alpha value is -2.76. The van der Waals surface area contributed by atoms with Crippen molar-refractivity contribution in [1.82, 2.24) is 19.0 Å². The highest BCUT2D eigenvalue weighted by Gasteiger charge is 2.30. The SMILES string of the molecule is COC(=O)Cc1cccc(-c2cc(-c3nn(CCCN4CCOCC4)c4c3CN(S(C)(=O)=O)CC4)ccc2Cl)c1. The van der Waals surface area contributed by atoms with Crippen LogP contribution in [0.1, 0.15) is 23.2 Å². The number of morpholine rings is 1. The highest BCUT2D eigenvalue weighted by atomic mass is 35.5. The number of rotatable bonds is 9. The average Bonchev–Trinajstić information content (AvgIpc) is 3.31. The zero-order chi connectivity index (χ0) is 28.3. The van der Waals surface area contributed by atoms with Gasteiger partial charge in [-0.15, -0.1) is 0 Å². The molecular formula is C29H35ClN4O5S. The third-order valence-electron chi connectivity index (χ3n) is 7.57. The van der Waals surface area contributed by atoms with Gasteiger partial charge in [0.2, 0.25) is 10.0 Å². The van der Waals surface area contributed by atoms with Gasteiger partial charge in [-0.25, -0.2) is 8.42 Å². The monoisotopic (exact) mass is 586 g/mol. The number of hydrogen-bond acceptors (Lipinski definition) is 7. The molecule has 0 atom stereocenters. The molecule has 5 rings (SSSR count). The van der Waals surface area contributed by atoms with Crippen molar-refractivity contribution in [3.8, 4) is 22.4 Å². The highest BCUT2D eigenvalue weighted by molar-refractivity contribution is 7.88. The van der Waals surface area contributed by atoms with Crippen molar-refractivity contribution in [3.63, 3.8) is 0 Å². The van der Waals surface area contributed by atoms with Gasteiger partial charge in [0, 0.05) is 73.1 Å². The van der Waals surface area contributed by atoms with E-state index in [2.05, 4.69) is 9.58 Å². The fourth-order valence-corrected chi connectivity index (χ4v) is 6.43. The van der Waals surface area contributed by atoms with Crippen LogP contribution in [0.3, 0.4) is 0 Å². The summed E-state index contributed by atoms with van der Waals surface area (Å²) in [5.74, 6) is -0.307. The molecule has 1 saturated heterocycles. The van der Waals surface area contributed by atoms with Gasteiger partial charge >= 0.3 is 5.97 Å². The molecule has 0 aliphatic carbocycles. The molecule has 0 bridgehead atoms. The second-order valence-electron chi connectivity index (χ2n) is 10.3. The van der Waals surface area contributed by atoms with E-state index in [-0.39, 0.29) is 12.4 Å². The van der Waals surface area contributed by atoms with Crippen LogP contribution in [0.4, 0.5) is 0 Å². The molecule has 3 heterocycles. The van der Waals surface area contributed by atoms with Crippen LogP contribution < -0.4 is 0 Å². The maximum Gasteiger partial charge on any atom is 0.309 e. The molecule has 2 aliphatic heterocycles. The second-order valence-corrected chi connectivity index (χ2v) is 12.7. The number of nitrogens with zero attached hydrogens (tertiary/aromatic N) is 4. The van der Waals surface area contributed by atoms with E-state index in [0.29, 0.717) is 24.5 Å². The fraction of sp³-hybridized carbons (Fsp3) is 0.448. The summed E-state index contributed by atoms with van der Waals surface area (Å²) in [6.45, 7) is 5.89. The van der Waals surface area contributed by atoms with Crippen LogP contribution in [0.5, 0.6) is 0 Å². The molecule has 11 heteroatoms. The van der Waals surface area contributed by atoms with Crippen LogP contribution in [0.2, 0.25) is 5.02 Å². The lowest BCUT2D eigenvalue weighted by atomic mass is 9.96. The number of halogens is 1. The Labute approximate surface area is 240 Å². The smallest absolute Gasteiger partial charge is 0.309 e. The van der Waals surface area contributed by atoms with Crippen LogP contribution in [0.15, 0.2) is 42.5 Å². The van der Waals surface area contributed by atoms with Crippen LogP contribution >= 0.6 is 11.6 Å². The molecule has 0 N–H and O–H groups in total. The number of sulfonamides is 1. The van der Waals surface area contributed by atoms with Crippen LogP contribution in [-0.4, -0.2) is 86.1 Å². The van der Waals surface area contributed by atoms with E-state index in [0.717, 1.165) is 85.0 Å². The normalized spacial score (nSPS) is 16.6. The maximum atomic E-state index is 12.4. The first-order valence-electron chi connectivity index (χ1n) is 13.5. The van der Waals surface area contributed by atoms with E-state index < -0.39 is 10.0 Å². The standard InChI is InChI=1S/C29H35ClN4O5S/c1-38-28(35)18-21-5-3-6-22(17-21)24-19-23(7-8-26(24)30)29-25-20-33(40(2,36)37)12-9-27(25)34(31-29)11-4-10-32-13-15-39-16-14-32/h3,5-8,17,19H,4,9-16,18,20H2,1-2H3. The molecule has 0 unspecified atom stereocenters. The van der Waals surface area contributed by atoms with Gasteiger partial charge in [-0.3, -0.25) is 14.4 Å². The van der Waals surface area contributed by atoms with E-state index in [9.17, 15) is 13.2 Å². The first kappa shape index (κ1) is 28.8. The van der Waals surface area contributed by atoms with Crippen molar-refractivity contribution in [2.45, 2.75) is 32.4 Å². The van der Waals surface area contributed by atoms with Crippen LogP contribution in [0.25, 0.3) is 22.4 Å². The van der Waals surface area contributed by atoms with Crippen molar-refractivity contribution < 1.29 is 22.7 Å². The van der Waals surface area contributed by atoms with Gasteiger partial charge in [-0.2, -0.15) is 9.40 Å². The maximum absolute atomic E-state index is 12.4. The predicted molar refractivity (Wildman–Crippen MR) is 155 cm³/mol. The lowest BCUT2D eigenvalue weighted by molar-refractivity contribution is -0.139. The first-order chi connectivity index (χ1) is 19.2. The zero-order valence-corrected chi connectivity index (χ0v) is 24.5. The Morgan fingerprint density at radius 2 is 1.88 bits per heavy atom. The number of ether oxygens (including phenoxy) is 2. The Morgan fingerprint density at radius 3 is 2.62 bits per heavy atom. The molecule has 2 aliphatic rings. The molecule has 3 aromatic rings. The van der Waals surface area contributed by atoms with Gasteiger partial charge < -0.3 is 9.47 Å². The third-order valence-corrected chi connectivity index (χ3v) is 9.15. The Morgan fingerprint density at radius 1 is 1.07 bits per heavy atom. The molecule has 214 valence electrons. The second kappa shape index (κ2) is 12.4. The molecule has 9 nitrogen and oxygen atoms in total. The minimum absolute atomic E-state index is 0.172. The Kier molecular flexibility index (Phi) is 8.92. The summed E-state index contributed by atoms with van der Waals surface area (Å²) in [5.41, 5.74) is 6.21. The summed E-state index contributed by atoms with van der Waals surface area (Å²) in [7, 11) is -1.97. The van der Waals surface area contributed by atoms with E-state index in [1.54, 1.807) is 0 Å². The van der Waals surface area contributed by atoms with E-state index in [4.69, 9.17) is 26.2 Å². The van der Waals surface area contributed by atoms with Crippen LogP contribution in [-0.2, 0) is 50.2 Å². The number of methoxy groups -OCH3 is 1. The molecule has 0 amide bonds. The van der Waals surface area contributed by atoms with Crippen LogP contribution in [0, 0.1) is 0 Å². The molecule has 1 fully saturated rings. The largest absolute Gasteiger partial charge is 0.469 e. The quantitative estimate of drug-likeness (QED) is 0.354. The minimum atomic E-state index is -3.35. The van der Waals surface area contributed by atoms with Crippen molar-refractivity contribution in [3.05, 3.63) is 64.3 Å². The average molecular weight is 587 g/mol. The van der Waals surface area contributed by atoms with Gasteiger partial charge in [0.15, 0.2) is 0 Å². The first-order valence-corrected chi connectivity index (χ1v) is 15.8. The molecule has 0 radical (unpaired) electrons. The molecule has 2 aromatic carbocycles. The zero-order valence-electron chi connectivity index (χ0n) is 22.9. The summed E-state index contributed by atoms with van der Waals surface area (Å²) < 4.78 is 38.8. The molecule has 40 heavy (non-hydrogen) atoms. The number of aryl methyl sites for hydroxylation is 1. The fourth-order valence-electron chi connectivity index (χ4n) is 5.42. The summed E-state index contributed by atoms with van der Waals surface area (Å²) in [6.07, 6.45) is 2.99. The summed E-state index contributed by atoms with van der Waals surface area (Å²) in [6, 6.07) is 13.5. The van der Waals surface area contributed by atoms with Gasteiger partial charge in [0.25, 0.3) is 0 Å². The third kappa shape index (κ3) is 6.58. The lowest BCUT2D eigenvalue weighted by Gasteiger charge is -2.27. The summed E-state index contributed by atoms with van der Waals surface area (Å²) in [5, 5.41) is 5.62. The van der Waals surface area contributed by atoms with Crippen molar-refractivity contribution in [2.24, 2.45) is 0 Å². The van der Waals surface area contributed by atoms with Gasteiger partial charge in [-0.05, 0) is 29.7 Å². The molecule has 1 aromatic heterocycles. The van der Waals surface area contributed by atoms with E-state index >= 15 is 0 Å². The Balaban J connectivity index is 1.48. The minimum Gasteiger partial charge on any atom is -0.469 e. The number of benzene rings is 2. The molecule has 0 spiro atoms. The van der Waals surface area contributed by atoms with E-state index in [1.807, 2.05) is 42.5 Å². The molecule has 0 saturated carbocycles. The number of esters is 1. The van der Waals surface area contributed by atoms with E-state index in [1.165, 1.54) is 17.7 Å². The molecular weight excluding hydrogens is 552 g/mol. The predicted octanol–water partition coefficient (Wildman–Crippen LogP) is 3.63. The van der Waals surface area contributed by atoms with Crippen molar-refractivity contribution >= 4 is 27.6 Å². The number of hydrogen-bond donors (Lipinski definition) is 0. The number of carbonyl (C=O) groups excluding carboxylic acids is 1. The number of carbonyl (C=O) groups is 1. The highest BCUT2D eigenvalue weighted by Crippen LogP contribution is 2.36. The lowest BCUT2D eigenvalue weighted by Crippen LogP contribution is -2.37. The van der Waals surface area contributed by atoms with Crippen molar-refractivity contribution in [2.75, 3.05) is 52.8 Å². The Bertz CT molecular complexity index is 1480. The summed E-state index contributed by atoms with van der Waals surface area (Å²) in [4.78, 5) is 14.2. The van der Waals surface area contributed by atoms with Gasteiger partial charge in [-0.1, -0.05) is 41.9 Å². The van der Waals surface area contributed by atoms with Gasteiger partial charge in [0.05, 0.1) is 38.7 Å².